The van der Waals surface area contributed by atoms with E-state index in [-0.39, 0.29) is 24.0 Å². The molecular formula is C19H21FN2O3. The van der Waals surface area contributed by atoms with Crippen molar-refractivity contribution in [1.82, 2.24) is 4.98 Å². The van der Waals surface area contributed by atoms with E-state index in [4.69, 9.17) is 9.47 Å². The van der Waals surface area contributed by atoms with Gasteiger partial charge in [0, 0.05) is 19.3 Å². The Balaban J connectivity index is 1.75. The van der Waals surface area contributed by atoms with E-state index in [1.54, 1.807) is 25.1 Å². The van der Waals surface area contributed by atoms with E-state index in [9.17, 15) is 9.18 Å². The van der Waals surface area contributed by atoms with Crippen molar-refractivity contribution in [2.45, 2.75) is 26.1 Å². The topological polar surface area (TPSA) is 51.7 Å². The lowest BCUT2D eigenvalue weighted by atomic mass is 10.1. The molecule has 1 fully saturated rings. The molecule has 0 saturated carbocycles. The molecule has 132 valence electrons. The Bertz CT molecular complexity index is 718. The van der Waals surface area contributed by atoms with E-state index < -0.39 is 0 Å². The molecule has 3 rings (SSSR count). The van der Waals surface area contributed by atoms with Gasteiger partial charge in [-0.25, -0.2) is 14.2 Å². The predicted octanol–water partition coefficient (Wildman–Crippen LogP) is 3.36. The summed E-state index contributed by atoms with van der Waals surface area (Å²) in [6, 6.07) is 9.89. The molecular weight excluding hydrogens is 323 g/mol. The Morgan fingerprint density at radius 1 is 1.28 bits per heavy atom. The fraction of sp³-hybridized carbons (Fsp3) is 0.368. The van der Waals surface area contributed by atoms with Crippen LogP contribution in [0.25, 0.3) is 0 Å². The normalized spacial score (nSPS) is 20.4. The van der Waals surface area contributed by atoms with E-state index in [0.717, 1.165) is 11.4 Å². The van der Waals surface area contributed by atoms with Gasteiger partial charge in [0.25, 0.3) is 0 Å². The van der Waals surface area contributed by atoms with E-state index in [0.29, 0.717) is 25.3 Å². The van der Waals surface area contributed by atoms with E-state index in [1.165, 1.54) is 18.3 Å². The zero-order chi connectivity index (χ0) is 17.8. The first-order valence-electron chi connectivity index (χ1n) is 8.36. The van der Waals surface area contributed by atoms with Crippen LogP contribution in [0.2, 0.25) is 0 Å². The third-order valence-electron chi connectivity index (χ3n) is 4.09. The van der Waals surface area contributed by atoms with Gasteiger partial charge in [-0.3, -0.25) is 0 Å². The van der Waals surface area contributed by atoms with Gasteiger partial charge in [0.05, 0.1) is 18.3 Å². The molecule has 0 spiro atoms. The fourth-order valence-corrected chi connectivity index (χ4v) is 2.91. The highest BCUT2D eigenvalue weighted by Gasteiger charge is 2.27. The van der Waals surface area contributed by atoms with Crippen molar-refractivity contribution in [3.63, 3.8) is 0 Å². The SMILES string of the molecule is CCOC(=O)c1ccc(N2CC(C)OC(c3ccc(F)cc3)C2)nc1. The Kier molecular flexibility index (Phi) is 5.28. The quantitative estimate of drug-likeness (QED) is 0.796. The van der Waals surface area contributed by atoms with Crippen LogP contribution in [0.3, 0.4) is 0 Å². The van der Waals surface area contributed by atoms with Crippen molar-refractivity contribution in [3.8, 4) is 0 Å². The lowest BCUT2D eigenvalue weighted by Gasteiger charge is -2.37. The molecule has 1 aliphatic heterocycles. The largest absolute Gasteiger partial charge is 0.462 e. The molecule has 25 heavy (non-hydrogen) atoms. The number of hydrogen-bond donors (Lipinski definition) is 0. The number of carbonyl (C=O) groups is 1. The van der Waals surface area contributed by atoms with Crippen LogP contribution in [0.1, 0.15) is 35.9 Å². The smallest absolute Gasteiger partial charge is 0.339 e. The maximum absolute atomic E-state index is 13.1. The number of morpholine rings is 1. The second-order valence-corrected chi connectivity index (χ2v) is 6.02. The molecule has 0 bridgehead atoms. The maximum Gasteiger partial charge on any atom is 0.339 e. The highest BCUT2D eigenvalue weighted by molar-refractivity contribution is 5.89. The van der Waals surface area contributed by atoms with Crippen LogP contribution in [0, 0.1) is 5.82 Å². The number of rotatable bonds is 4. The Morgan fingerprint density at radius 2 is 2.04 bits per heavy atom. The Labute approximate surface area is 146 Å². The average Bonchev–Trinajstić information content (AvgIpc) is 2.62. The standard InChI is InChI=1S/C19H21FN2O3/c1-3-24-19(23)15-6-9-18(21-10-15)22-11-13(2)25-17(12-22)14-4-7-16(20)8-5-14/h4-10,13,17H,3,11-12H2,1-2H3. The summed E-state index contributed by atoms with van der Waals surface area (Å²) in [6.45, 7) is 5.41. The average molecular weight is 344 g/mol. The molecule has 5 nitrogen and oxygen atoms in total. The molecule has 1 saturated heterocycles. The molecule has 0 aliphatic carbocycles. The predicted molar refractivity (Wildman–Crippen MR) is 92.1 cm³/mol. The number of anilines is 1. The number of benzene rings is 1. The van der Waals surface area contributed by atoms with Crippen LogP contribution < -0.4 is 4.90 Å². The number of esters is 1. The van der Waals surface area contributed by atoms with Crippen LogP contribution in [-0.4, -0.2) is 36.8 Å². The number of carbonyl (C=O) groups excluding carboxylic acids is 1. The monoisotopic (exact) mass is 344 g/mol. The summed E-state index contributed by atoms with van der Waals surface area (Å²) in [5, 5.41) is 0. The molecule has 2 unspecified atom stereocenters. The highest BCUT2D eigenvalue weighted by Crippen LogP contribution is 2.28. The maximum atomic E-state index is 13.1. The number of aromatic nitrogens is 1. The van der Waals surface area contributed by atoms with Gasteiger partial charge in [0.2, 0.25) is 0 Å². The van der Waals surface area contributed by atoms with Gasteiger partial charge in [-0.2, -0.15) is 0 Å². The molecule has 0 radical (unpaired) electrons. The summed E-state index contributed by atoms with van der Waals surface area (Å²) in [4.78, 5) is 18.2. The Morgan fingerprint density at radius 3 is 2.68 bits per heavy atom. The molecule has 1 aliphatic rings. The second-order valence-electron chi connectivity index (χ2n) is 6.02. The van der Waals surface area contributed by atoms with Crippen LogP contribution in [0.5, 0.6) is 0 Å². The summed E-state index contributed by atoms with van der Waals surface area (Å²) < 4.78 is 24.1. The van der Waals surface area contributed by atoms with Crippen molar-refractivity contribution in [1.29, 1.82) is 0 Å². The minimum atomic E-state index is -0.374. The molecule has 1 aromatic heterocycles. The first-order valence-corrected chi connectivity index (χ1v) is 8.36. The number of hydrogen-bond acceptors (Lipinski definition) is 5. The van der Waals surface area contributed by atoms with E-state index in [2.05, 4.69) is 9.88 Å². The van der Waals surface area contributed by atoms with Crippen LogP contribution in [0.15, 0.2) is 42.6 Å². The highest BCUT2D eigenvalue weighted by atomic mass is 19.1. The number of ether oxygens (including phenoxy) is 2. The van der Waals surface area contributed by atoms with Crippen molar-refractivity contribution >= 4 is 11.8 Å². The number of halogens is 1. The van der Waals surface area contributed by atoms with Crippen molar-refractivity contribution in [2.24, 2.45) is 0 Å². The zero-order valence-corrected chi connectivity index (χ0v) is 14.3. The van der Waals surface area contributed by atoms with Crippen LogP contribution >= 0.6 is 0 Å². The first-order chi connectivity index (χ1) is 12.1. The molecule has 1 aromatic carbocycles. The Hall–Kier alpha value is -2.47. The van der Waals surface area contributed by atoms with Crippen LogP contribution in [-0.2, 0) is 9.47 Å². The van der Waals surface area contributed by atoms with Gasteiger partial charge in [-0.1, -0.05) is 12.1 Å². The summed E-state index contributed by atoms with van der Waals surface area (Å²) in [6.07, 6.45) is 1.38. The molecule has 2 heterocycles. The van der Waals surface area contributed by atoms with Crippen molar-refractivity contribution in [2.75, 3.05) is 24.6 Å². The lowest BCUT2D eigenvalue weighted by Crippen LogP contribution is -2.43. The second kappa shape index (κ2) is 7.61. The zero-order valence-electron chi connectivity index (χ0n) is 14.3. The minimum Gasteiger partial charge on any atom is -0.462 e. The van der Waals surface area contributed by atoms with Gasteiger partial charge in [0.1, 0.15) is 17.7 Å². The summed E-state index contributed by atoms with van der Waals surface area (Å²) in [5.74, 6) is 0.136. The molecule has 2 aromatic rings. The number of nitrogens with zero attached hydrogens (tertiary/aromatic N) is 2. The summed E-state index contributed by atoms with van der Waals surface area (Å²) >= 11 is 0. The first kappa shape index (κ1) is 17.4. The third-order valence-corrected chi connectivity index (χ3v) is 4.09. The number of pyridine rings is 1. The fourth-order valence-electron chi connectivity index (χ4n) is 2.91. The van der Waals surface area contributed by atoms with Crippen molar-refractivity contribution in [3.05, 3.63) is 59.5 Å². The van der Waals surface area contributed by atoms with Gasteiger partial charge >= 0.3 is 5.97 Å². The van der Waals surface area contributed by atoms with E-state index >= 15 is 0 Å². The van der Waals surface area contributed by atoms with Gasteiger partial charge in [-0.05, 0) is 43.7 Å². The molecule has 2 atom stereocenters. The van der Waals surface area contributed by atoms with Gasteiger partial charge < -0.3 is 14.4 Å². The summed E-state index contributed by atoms with van der Waals surface area (Å²) in [7, 11) is 0. The summed E-state index contributed by atoms with van der Waals surface area (Å²) in [5.41, 5.74) is 1.36. The minimum absolute atomic E-state index is 0.00957. The van der Waals surface area contributed by atoms with E-state index in [1.807, 2.05) is 13.0 Å². The molecule has 0 amide bonds. The van der Waals surface area contributed by atoms with Gasteiger partial charge in [0.15, 0.2) is 0 Å². The third kappa shape index (κ3) is 4.14. The molecule has 0 N–H and O–H groups in total. The van der Waals surface area contributed by atoms with Crippen LogP contribution in [0.4, 0.5) is 10.2 Å². The van der Waals surface area contributed by atoms with Gasteiger partial charge in [-0.15, -0.1) is 0 Å². The molecule has 6 heteroatoms. The lowest BCUT2D eigenvalue weighted by molar-refractivity contribution is -0.0176. The van der Waals surface area contributed by atoms with Crippen molar-refractivity contribution < 1.29 is 18.7 Å².